The van der Waals surface area contributed by atoms with E-state index in [9.17, 15) is 0 Å². The summed E-state index contributed by atoms with van der Waals surface area (Å²) in [6.07, 6.45) is 3.57. The molecule has 2 aliphatic rings. The van der Waals surface area contributed by atoms with Crippen LogP contribution in [0.2, 0.25) is 0 Å². The van der Waals surface area contributed by atoms with Crippen LogP contribution in [0.3, 0.4) is 0 Å². The highest BCUT2D eigenvalue weighted by molar-refractivity contribution is 4.97. The quantitative estimate of drug-likeness (QED) is 0.441. The van der Waals surface area contributed by atoms with E-state index in [1.54, 1.807) is 0 Å². The topological polar surface area (TPSA) is 40.2 Å². The first-order valence-corrected chi connectivity index (χ1v) is 6.30. The van der Waals surface area contributed by atoms with Crippen LogP contribution < -0.4 is 0 Å². The molecule has 4 heteroatoms. The van der Waals surface area contributed by atoms with Gasteiger partial charge >= 0.3 is 0 Å². The number of hydrogen-bond acceptors (Lipinski definition) is 4. The Morgan fingerprint density at radius 1 is 1.00 bits per heavy atom. The van der Waals surface area contributed by atoms with E-state index >= 15 is 0 Å². The number of fused-ring (bicyclic) bond motifs is 1. The Morgan fingerprint density at radius 2 is 1.75 bits per heavy atom. The van der Waals surface area contributed by atoms with Gasteiger partial charge in [0, 0.05) is 12.5 Å². The summed E-state index contributed by atoms with van der Waals surface area (Å²) in [5.41, 5.74) is 0. The van der Waals surface area contributed by atoms with Gasteiger partial charge in [-0.1, -0.05) is 0 Å². The van der Waals surface area contributed by atoms with Gasteiger partial charge in [0.05, 0.1) is 45.2 Å². The number of ether oxygens (including phenoxy) is 4. The minimum atomic E-state index is 0.513. The van der Waals surface area contributed by atoms with E-state index < -0.39 is 0 Å². The van der Waals surface area contributed by atoms with E-state index in [1.807, 2.05) is 6.92 Å². The van der Waals surface area contributed by atoms with Crippen LogP contribution in [0.25, 0.3) is 0 Å². The van der Waals surface area contributed by atoms with Gasteiger partial charge in [0.2, 0.25) is 0 Å². The molecule has 3 atom stereocenters. The van der Waals surface area contributed by atoms with E-state index in [0.717, 1.165) is 13.2 Å². The molecule has 4 nitrogen and oxygen atoms in total. The van der Waals surface area contributed by atoms with Gasteiger partial charge < -0.3 is 18.9 Å². The summed E-state index contributed by atoms with van der Waals surface area (Å²) in [5.74, 6) is 0.633. The predicted octanol–water partition coefficient (Wildman–Crippen LogP) is 1.23. The normalized spacial score (nSPS) is 31.7. The molecule has 2 rings (SSSR count). The highest BCUT2D eigenvalue weighted by Gasteiger charge is 2.49. The molecule has 3 unspecified atom stereocenters. The Morgan fingerprint density at radius 3 is 2.38 bits per heavy atom. The maximum absolute atomic E-state index is 5.58. The van der Waals surface area contributed by atoms with Crippen LogP contribution in [-0.2, 0) is 18.9 Å². The maximum Gasteiger partial charge on any atom is 0.0891 e. The Balaban J connectivity index is 1.35. The third-order valence-electron chi connectivity index (χ3n) is 3.19. The van der Waals surface area contributed by atoms with Crippen LogP contribution in [0, 0.1) is 5.92 Å². The van der Waals surface area contributed by atoms with Gasteiger partial charge in [-0.15, -0.1) is 0 Å². The fourth-order valence-corrected chi connectivity index (χ4v) is 2.24. The fourth-order valence-electron chi connectivity index (χ4n) is 2.24. The summed E-state index contributed by atoms with van der Waals surface area (Å²) in [6, 6.07) is 0. The van der Waals surface area contributed by atoms with Gasteiger partial charge in [0.15, 0.2) is 0 Å². The molecule has 1 saturated carbocycles. The molecule has 16 heavy (non-hydrogen) atoms. The van der Waals surface area contributed by atoms with Crippen molar-refractivity contribution in [1.82, 2.24) is 0 Å². The lowest BCUT2D eigenvalue weighted by Gasteiger charge is -2.11. The van der Waals surface area contributed by atoms with Crippen LogP contribution in [0.4, 0.5) is 0 Å². The molecule has 1 heterocycles. The minimum absolute atomic E-state index is 0.513. The first-order chi connectivity index (χ1) is 7.92. The van der Waals surface area contributed by atoms with E-state index in [1.165, 1.54) is 12.8 Å². The third-order valence-corrected chi connectivity index (χ3v) is 3.19. The molecule has 1 aliphatic heterocycles. The van der Waals surface area contributed by atoms with Crippen molar-refractivity contribution in [3.63, 3.8) is 0 Å². The monoisotopic (exact) mass is 230 g/mol. The minimum Gasteiger partial charge on any atom is -0.379 e. The van der Waals surface area contributed by atoms with Crippen molar-refractivity contribution < 1.29 is 18.9 Å². The molecule has 0 aromatic carbocycles. The van der Waals surface area contributed by atoms with Crippen LogP contribution >= 0.6 is 0 Å². The molecule has 0 aromatic rings. The first kappa shape index (κ1) is 12.3. The predicted molar refractivity (Wildman–Crippen MR) is 59.5 cm³/mol. The van der Waals surface area contributed by atoms with Crippen molar-refractivity contribution in [1.29, 1.82) is 0 Å². The zero-order valence-corrected chi connectivity index (χ0v) is 10.0. The highest BCUT2D eigenvalue weighted by atomic mass is 16.6. The zero-order valence-electron chi connectivity index (χ0n) is 10.0. The summed E-state index contributed by atoms with van der Waals surface area (Å²) >= 11 is 0. The molecule has 1 saturated heterocycles. The van der Waals surface area contributed by atoms with Crippen molar-refractivity contribution >= 4 is 0 Å². The Bertz CT molecular complexity index is 197. The van der Waals surface area contributed by atoms with Crippen molar-refractivity contribution in [2.24, 2.45) is 5.92 Å². The lowest BCUT2D eigenvalue weighted by Crippen LogP contribution is -2.16. The van der Waals surface area contributed by atoms with Crippen LogP contribution in [0.1, 0.15) is 19.8 Å². The lowest BCUT2D eigenvalue weighted by atomic mass is 10.1. The maximum atomic E-state index is 5.58. The summed E-state index contributed by atoms with van der Waals surface area (Å²) < 4.78 is 21.6. The lowest BCUT2D eigenvalue weighted by molar-refractivity contribution is 0.00617. The van der Waals surface area contributed by atoms with Crippen molar-refractivity contribution in [2.45, 2.75) is 32.0 Å². The highest BCUT2D eigenvalue weighted by Crippen LogP contribution is 2.42. The Hall–Kier alpha value is -0.160. The molecule has 0 aromatic heterocycles. The van der Waals surface area contributed by atoms with Gasteiger partial charge in [0.1, 0.15) is 0 Å². The van der Waals surface area contributed by atoms with Gasteiger partial charge in [-0.05, 0) is 19.8 Å². The summed E-state index contributed by atoms with van der Waals surface area (Å²) in [4.78, 5) is 0. The molecule has 0 N–H and O–H groups in total. The number of hydrogen-bond donors (Lipinski definition) is 0. The van der Waals surface area contributed by atoms with E-state index in [-0.39, 0.29) is 0 Å². The first-order valence-electron chi connectivity index (χ1n) is 6.30. The molecular weight excluding hydrogens is 208 g/mol. The fraction of sp³-hybridized carbons (Fsp3) is 1.00. The van der Waals surface area contributed by atoms with E-state index in [4.69, 9.17) is 18.9 Å². The second-order valence-electron chi connectivity index (χ2n) is 4.36. The SMILES string of the molecule is CCOCCOCCOCC1CCC2OC12. The molecule has 0 radical (unpaired) electrons. The van der Waals surface area contributed by atoms with Gasteiger partial charge in [-0.25, -0.2) is 0 Å². The Kier molecular flexibility index (Phi) is 5.03. The molecule has 0 bridgehead atoms. The van der Waals surface area contributed by atoms with Crippen molar-refractivity contribution in [3.8, 4) is 0 Å². The zero-order chi connectivity index (χ0) is 11.2. The summed E-state index contributed by atoms with van der Waals surface area (Å²) in [6.45, 7) is 6.25. The Labute approximate surface area is 97.2 Å². The van der Waals surface area contributed by atoms with Crippen LogP contribution in [-0.4, -0.2) is 51.8 Å². The molecule has 0 spiro atoms. The standard InChI is InChI=1S/C12H22O4/c1-2-13-5-6-14-7-8-15-9-10-3-4-11-12(10)16-11/h10-12H,2-9H2,1H3. The molecular formula is C12H22O4. The summed E-state index contributed by atoms with van der Waals surface area (Å²) in [5, 5.41) is 0. The van der Waals surface area contributed by atoms with Crippen LogP contribution in [0.5, 0.6) is 0 Å². The molecule has 1 aliphatic carbocycles. The van der Waals surface area contributed by atoms with Gasteiger partial charge in [0.25, 0.3) is 0 Å². The molecule has 2 fully saturated rings. The second-order valence-corrected chi connectivity index (χ2v) is 4.36. The average molecular weight is 230 g/mol. The smallest absolute Gasteiger partial charge is 0.0891 e. The second kappa shape index (κ2) is 6.55. The van der Waals surface area contributed by atoms with Crippen molar-refractivity contribution in [3.05, 3.63) is 0 Å². The van der Waals surface area contributed by atoms with Gasteiger partial charge in [-0.2, -0.15) is 0 Å². The van der Waals surface area contributed by atoms with Gasteiger partial charge in [-0.3, -0.25) is 0 Å². The molecule has 0 amide bonds. The van der Waals surface area contributed by atoms with Crippen molar-refractivity contribution in [2.75, 3.05) is 39.6 Å². The largest absolute Gasteiger partial charge is 0.379 e. The molecule has 94 valence electrons. The third kappa shape index (κ3) is 3.70. The average Bonchev–Trinajstić information content (AvgIpc) is 2.98. The van der Waals surface area contributed by atoms with E-state index in [0.29, 0.717) is 44.6 Å². The summed E-state index contributed by atoms with van der Waals surface area (Å²) in [7, 11) is 0. The van der Waals surface area contributed by atoms with E-state index in [2.05, 4.69) is 0 Å². The van der Waals surface area contributed by atoms with Crippen LogP contribution in [0.15, 0.2) is 0 Å². The number of epoxide rings is 1. The number of rotatable bonds is 9.